The lowest BCUT2D eigenvalue weighted by atomic mass is 10.1. The van der Waals surface area contributed by atoms with Crippen LogP contribution in [0.15, 0.2) is 42.6 Å². The van der Waals surface area contributed by atoms with E-state index in [1.807, 2.05) is 30.3 Å². The van der Waals surface area contributed by atoms with Crippen LogP contribution in [0.2, 0.25) is 0 Å². The average molecular weight is 354 g/mol. The van der Waals surface area contributed by atoms with Crippen LogP contribution in [0.5, 0.6) is 0 Å². The number of anilines is 2. The number of hydrogen-bond acceptors (Lipinski definition) is 5. The first-order chi connectivity index (χ1) is 12.7. The highest BCUT2D eigenvalue weighted by Crippen LogP contribution is 2.13. The largest absolute Gasteiger partial charge is 0.384 e. The summed E-state index contributed by atoms with van der Waals surface area (Å²) >= 11 is 0. The molecule has 2 N–H and O–H groups in total. The Balaban J connectivity index is 1.52. The Hall–Kier alpha value is -2.44. The first-order valence-electron chi connectivity index (χ1n) is 9.15. The quantitative estimate of drug-likeness (QED) is 0.800. The van der Waals surface area contributed by atoms with Crippen molar-refractivity contribution in [2.75, 3.05) is 50.0 Å². The molecule has 138 valence electrons. The zero-order valence-corrected chi connectivity index (χ0v) is 15.2. The zero-order chi connectivity index (χ0) is 18.2. The summed E-state index contributed by atoms with van der Waals surface area (Å²) in [6, 6.07) is 11.5. The summed E-state index contributed by atoms with van der Waals surface area (Å²) in [5.74, 6) is -0.203. The van der Waals surface area contributed by atoms with Crippen molar-refractivity contribution in [2.45, 2.75) is 13.3 Å². The topological polar surface area (TPSA) is 66.5 Å². The van der Waals surface area contributed by atoms with Crippen molar-refractivity contribution in [1.29, 1.82) is 0 Å². The van der Waals surface area contributed by atoms with Gasteiger partial charge >= 0.3 is 0 Å². The summed E-state index contributed by atoms with van der Waals surface area (Å²) in [6.07, 6.45) is 2.64. The Kier molecular flexibility index (Phi) is 6.57. The average Bonchev–Trinajstić information content (AvgIpc) is 2.69. The van der Waals surface area contributed by atoms with Crippen molar-refractivity contribution < 1.29 is 9.53 Å². The third-order valence-corrected chi connectivity index (χ3v) is 4.47. The smallest absolute Gasteiger partial charge is 0.274 e. The fourth-order valence-corrected chi connectivity index (χ4v) is 2.87. The standard InChI is InChI=1S/C20H26N4O2/c1-2-16-3-5-17(6-4-16)23-20(25)19-15-18(7-8-22-19)21-9-10-24-11-13-26-14-12-24/h3-8,15H,2,9-14H2,1H3,(H,21,22)(H,23,25). The van der Waals surface area contributed by atoms with Crippen molar-refractivity contribution in [2.24, 2.45) is 0 Å². The van der Waals surface area contributed by atoms with Crippen LogP contribution in [0, 0.1) is 0 Å². The molecule has 1 aromatic heterocycles. The van der Waals surface area contributed by atoms with Gasteiger partial charge in [0.25, 0.3) is 5.91 Å². The number of carbonyl (C=O) groups is 1. The molecule has 0 saturated carbocycles. The molecule has 0 spiro atoms. The van der Waals surface area contributed by atoms with Gasteiger partial charge in [-0.3, -0.25) is 14.7 Å². The highest BCUT2D eigenvalue weighted by molar-refractivity contribution is 6.03. The minimum Gasteiger partial charge on any atom is -0.384 e. The number of nitrogens with one attached hydrogen (secondary N) is 2. The Morgan fingerprint density at radius 3 is 2.65 bits per heavy atom. The number of pyridine rings is 1. The Bertz CT molecular complexity index is 712. The normalized spacial score (nSPS) is 14.8. The maximum absolute atomic E-state index is 12.4. The molecule has 1 saturated heterocycles. The number of morpholine rings is 1. The van der Waals surface area contributed by atoms with Gasteiger partial charge in [-0.05, 0) is 36.2 Å². The number of aryl methyl sites for hydroxylation is 1. The SMILES string of the molecule is CCc1ccc(NC(=O)c2cc(NCCN3CCOCC3)ccn2)cc1. The van der Waals surface area contributed by atoms with Gasteiger partial charge in [0.15, 0.2) is 0 Å². The number of benzene rings is 1. The molecule has 1 aromatic carbocycles. The second-order valence-electron chi connectivity index (χ2n) is 6.32. The molecule has 3 rings (SSSR count). The summed E-state index contributed by atoms with van der Waals surface area (Å²) in [4.78, 5) is 19.0. The van der Waals surface area contributed by atoms with Crippen molar-refractivity contribution >= 4 is 17.3 Å². The fourth-order valence-electron chi connectivity index (χ4n) is 2.87. The lowest BCUT2D eigenvalue weighted by molar-refractivity contribution is 0.0398. The van der Waals surface area contributed by atoms with Crippen LogP contribution in [0.4, 0.5) is 11.4 Å². The molecule has 2 heterocycles. The highest BCUT2D eigenvalue weighted by atomic mass is 16.5. The molecule has 6 heteroatoms. The molecule has 0 unspecified atom stereocenters. The maximum Gasteiger partial charge on any atom is 0.274 e. The molecular weight excluding hydrogens is 328 g/mol. The van der Waals surface area contributed by atoms with E-state index in [1.54, 1.807) is 12.3 Å². The van der Waals surface area contributed by atoms with E-state index in [-0.39, 0.29) is 5.91 Å². The maximum atomic E-state index is 12.4. The molecule has 1 fully saturated rings. The number of rotatable bonds is 7. The predicted molar refractivity (Wildman–Crippen MR) is 104 cm³/mol. The summed E-state index contributed by atoms with van der Waals surface area (Å²) in [7, 11) is 0. The lowest BCUT2D eigenvalue weighted by Gasteiger charge is -2.26. The second kappa shape index (κ2) is 9.31. The number of carbonyl (C=O) groups excluding carboxylic acids is 1. The molecule has 2 aromatic rings. The van der Waals surface area contributed by atoms with Crippen LogP contribution < -0.4 is 10.6 Å². The van der Waals surface area contributed by atoms with Crippen LogP contribution in [0.3, 0.4) is 0 Å². The minimum absolute atomic E-state index is 0.203. The predicted octanol–water partition coefficient (Wildman–Crippen LogP) is 2.64. The molecule has 26 heavy (non-hydrogen) atoms. The van der Waals surface area contributed by atoms with Crippen molar-refractivity contribution in [3.8, 4) is 0 Å². The van der Waals surface area contributed by atoms with Gasteiger partial charge in [0.1, 0.15) is 5.69 Å². The Morgan fingerprint density at radius 2 is 1.92 bits per heavy atom. The van der Waals surface area contributed by atoms with Gasteiger partial charge < -0.3 is 15.4 Å². The number of aromatic nitrogens is 1. The number of amides is 1. The molecule has 1 aliphatic rings. The van der Waals surface area contributed by atoms with Crippen LogP contribution >= 0.6 is 0 Å². The molecule has 0 radical (unpaired) electrons. The highest BCUT2D eigenvalue weighted by Gasteiger charge is 2.11. The van der Waals surface area contributed by atoms with Crippen LogP contribution in [0.1, 0.15) is 23.0 Å². The summed E-state index contributed by atoms with van der Waals surface area (Å²) in [6.45, 7) is 7.44. The number of nitrogens with zero attached hydrogens (tertiary/aromatic N) is 2. The van der Waals surface area contributed by atoms with E-state index in [2.05, 4.69) is 27.4 Å². The minimum atomic E-state index is -0.203. The van der Waals surface area contributed by atoms with Crippen LogP contribution in [0.25, 0.3) is 0 Å². The molecule has 0 bridgehead atoms. The van der Waals surface area contributed by atoms with Crippen molar-refractivity contribution in [3.63, 3.8) is 0 Å². The molecule has 6 nitrogen and oxygen atoms in total. The first-order valence-corrected chi connectivity index (χ1v) is 9.15. The number of ether oxygens (including phenoxy) is 1. The van der Waals surface area contributed by atoms with E-state index in [9.17, 15) is 4.79 Å². The van der Waals surface area contributed by atoms with Crippen molar-refractivity contribution in [3.05, 3.63) is 53.9 Å². The molecule has 0 atom stereocenters. The van der Waals surface area contributed by atoms with Gasteiger partial charge in [-0.25, -0.2) is 0 Å². The molecule has 1 amide bonds. The Morgan fingerprint density at radius 1 is 1.15 bits per heavy atom. The van der Waals surface area contributed by atoms with Gasteiger partial charge in [-0.15, -0.1) is 0 Å². The third-order valence-electron chi connectivity index (χ3n) is 4.47. The molecule has 0 aliphatic carbocycles. The lowest BCUT2D eigenvalue weighted by Crippen LogP contribution is -2.39. The Labute approximate surface area is 154 Å². The van der Waals surface area contributed by atoms with E-state index < -0.39 is 0 Å². The number of hydrogen-bond donors (Lipinski definition) is 2. The fraction of sp³-hybridized carbons (Fsp3) is 0.400. The van der Waals surface area contributed by atoms with E-state index in [0.717, 1.165) is 57.2 Å². The molecular formula is C20H26N4O2. The first kappa shape index (κ1) is 18.4. The van der Waals surface area contributed by atoms with Gasteiger partial charge in [-0.2, -0.15) is 0 Å². The van der Waals surface area contributed by atoms with E-state index >= 15 is 0 Å². The van der Waals surface area contributed by atoms with E-state index in [1.165, 1.54) is 5.56 Å². The van der Waals surface area contributed by atoms with Gasteiger partial charge in [-0.1, -0.05) is 19.1 Å². The zero-order valence-electron chi connectivity index (χ0n) is 15.2. The summed E-state index contributed by atoms with van der Waals surface area (Å²) in [5.41, 5.74) is 3.33. The van der Waals surface area contributed by atoms with E-state index in [0.29, 0.717) is 5.69 Å². The van der Waals surface area contributed by atoms with Crippen molar-refractivity contribution in [1.82, 2.24) is 9.88 Å². The summed E-state index contributed by atoms with van der Waals surface area (Å²) in [5, 5.41) is 6.26. The molecule has 1 aliphatic heterocycles. The van der Waals surface area contributed by atoms with Crippen LogP contribution in [-0.4, -0.2) is 55.2 Å². The van der Waals surface area contributed by atoms with Gasteiger partial charge in [0.2, 0.25) is 0 Å². The van der Waals surface area contributed by atoms with E-state index in [4.69, 9.17) is 4.74 Å². The summed E-state index contributed by atoms with van der Waals surface area (Å²) < 4.78 is 5.35. The van der Waals surface area contributed by atoms with Gasteiger partial charge in [0.05, 0.1) is 13.2 Å². The van der Waals surface area contributed by atoms with Gasteiger partial charge in [0, 0.05) is 43.8 Å². The van der Waals surface area contributed by atoms with Crippen LogP contribution in [-0.2, 0) is 11.2 Å². The third kappa shape index (κ3) is 5.28. The monoisotopic (exact) mass is 354 g/mol. The second-order valence-corrected chi connectivity index (χ2v) is 6.32.